The Morgan fingerprint density at radius 3 is 2.39 bits per heavy atom. The van der Waals surface area contributed by atoms with Crippen LogP contribution in [0.2, 0.25) is 0 Å². The highest BCUT2D eigenvalue weighted by Crippen LogP contribution is 2.17. The van der Waals surface area contributed by atoms with Crippen LogP contribution in [0.5, 0.6) is 0 Å². The van der Waals surface area contributed by atoms with Crippen LogP contribution in [0.25, 0.3) is 6.08 Å². The molecule has 4 nitrogen and oxygen atoms in total. The fourth-order valence-corrected chi connectivity index (χ4v) is 2.42. The molecule has 0 radical (unpaired) electrons. The van der Waals surface area contributed by atoms with Crippen LogP contribution >= 0.6 is 0 Å². The zero-order chi connectivity index (χ0) is 16.2. The van der Waals surface area contributed by atoms with Crippen molar-refractivity contribution in [2.75, 3.05) is 19.0 Å². The van der Waals surface area contributed by atoms with Gasteiger partial charge in [-0.25, -0.2) is 4.99 Å². The molecule has 1 aliphatic rings. The van der Waals surface area contributed by atoms with Gasteiger partial charge in [0.15, 0.2) is 0 Å². The number of anilines is 1. The first-order valence-corrected chi connectivity index (χ1v) is 7.54. The molecule has 0 unspecified atom stereocenters. The number of carbonyl (C=O) groups excluding carboxylic acids is 1. The lowest BCUT2D eigenvalue weighted by Crippen LogP contribution is -2.25. The number of benzene rings is 2. The van der Waals surface area contributed by atoms with Crippen LogP contribution < -0.4 is 10.2 Å². The Kier molecular flexibility index (Phi) is 4.24. The predicted molar refractivity (Wildman–Crippen MR) is 94.5 cm³/mol. The smallest absolute Gasteiger partial charge is 0.275 e. The summed E-state index contributed by atoms with van der Waals surface area (Å²) in [6, 6.07) is 18.0. The summed E-state index contributed by atoms with van der Waals surface area (Å²) in [5.41, 5.74) is 3.67. The van der Waals surface area contributed by atoms with E-state index < -0.39 is 0 Å². The molecule has 0 aliphatic carbocycles. The van der Waals surface area contributed by atoms with Crippen molar-refractivity contribution >= 4 is 23.5 Å². The Balaban J connectivity index is 1.77. The van der Waals surface area contributed by atoms with E-state index in [0.717, 1.165) is 16.8 Å². The van der Waals surface area contributed by atoms with Crippen LogP contribution in [0.15, 0.2) is 65.3 Å². The monoisotopic (exact) mass is 305 g/mol. The van der Waals surface area contributed by atoms with Crippen molar-refractivity contribution in [3.8, 4) is 0 Å². The normalized spacial score (nSPS) is 15.5. The fourth-order valence-electron chi connectivity index (χ4n) is 2.42. The maximum absolute atomic E-state index is 12.1. The molecule has 23 heavy (non-hydrogen) atoms. The Bertz CT molecular complexity index is 759. The summed E-state index contributed by atoms with van der Waals surface area (Å²) >= 11 is 0. The highest BCUT2D eigenvalue weighted by Gasteiger charge is 2.19. The number of rotatable bonds is 4. The Morgan fingerprint density at radius 1 is 1.04 bits per heavy atom. The van der Waals surface area contributed by atoms with Crippen molar-refractivity contribution in [2.24, 2.45) is 4.99 Å². The second-order valence-corrected chi connectivity index (χ2v) is 5.69. The van der Waals surface area contributed by atoms with Crippen molar-refractivity contribution < 1.29 is 4.79 Å². The van der Waals surface area contributed by atoms with Crippen LogP contribution in [0.1, 0.15) is 11.1 Å². The predicted octanol–water partition coefficient (Wildman–Crippen LogP) is 2.86. The lowest BCUT2D eigenvalue weighted by molar-refractivity contribution is -0.115. The van der Waals surface area contributed by atoms with Gasteiger partial charge in [-0.15, -0.1) is 0 Å². The van der Waals surface area contributed by atoms with Gasteiger partial charge in [-0.05, 0) is 29.3 Å². The Morgan fingerprint density at radius 2 is 1.74 bits per heavy atom. The molecule has 1 amide bonds. The lowest BCUT2D eigenvalue weighted by Gasteiger charge is -2.11. The Labute approximate surface area is 136 Å². The number of hydrogen-bond acceptors (Lipinski definition) is 3. The van der Waals surface area contributed by atoms with E-state index in [0.29, 0.717) is 18.0 Å². The summed E-state index contributed by atoms with van der Waals surface area (Å²) < 4.78 is 0. The van der Waals surface area contributed by atoms with Crippen molar-refractivity contribution in [1.29, 1.82) is 0 Å². The van der Waals surface area contributed by atoms with E-state index >= 15 is 0 Å². The maximum atomic E-state index is 12.1. The summed E-state index contributed by atoms with van der Waals surface area (Å²) in [5, 5.41) is 2.84. The summed E-state index contributed by atoms with van der Waals surface area (Å²) in [5.74, 6) is 0.546. The fraction of sp³-hybridized carbons (Fsp3) is 0.158. The van der Waals surface area contributed by atoms with E-state index in [1.165, 1.54) is 0 Å². The van der Waals surface area contributed by atoms with E-state index in [2.05, 4.69) is 10.3 Å². The highest BCUT2D eigenvalue weighted by atomic mass is 16.2. The van der Waals surface area contributed by atoms with Crippen LogP contribution in [-0.2, 0) is 11.2 Å². The number of amidine groups is 1. The van der Waals surface area contributed by atoms with Crippen LogP contribution in [0.4, 0.5) is 5.69 Å². The maximum Gasteiger partial charge on any atom is 0.275 e. The van der Waals surface area contributed by atoms with Gasteiger partial charge >= 0.3 is 0 Å². The lowest BCUT2D eigenvalue weighted by atomic mass is 10.1. The molecular formula is C19H19N3O. The highest BCUT2D eigenvalue weighted by molar-refractivity contribution is 6.14. The number of hydrogen-bond donors (Lipinski definition) is 1. The quantitative estimate of drug-likeness (QED) is 0.883. The first-order valence-electron chi connectivity index (χ1n) is 7.54. The summed E-state index contributed by atoms with van der Waals surface area (Å²) in [7, 11) is 4.00. The number of aliphatic imine (C=N–C) groups is 1. The van der Waals surface area contributed by atoms with Crippen molar-refractivity contribution in [3.05, 3.63) is 71.4 Å². The molecule has 0 atom stereocenters. The SMILES string of the molecule is CN(C)c1ccc(/C=C2/N=C(Cc3ccccc3)NC2=O)cc1. The van der Waals surface area contributed by atoms with Gasteiger partial charge in [-0.2, -0.15) is 0 Å². The molecule has 3 rings (SSSR count). The molecule has 1 aliphatic heterocycles. The molecule has 0 fully saturated rings. The van der Waals surface area contributed by atoms with Crippen molar-refractivity contribution in [1.82, 2.24) is 5.32 Å². The van der Waals surface area contributed by atoms with Gasteiger partial charge in [0.05, 0.1) is 0 Å². The minimum absolute atomic E-state index is 0.146. The second-order valence-electron chi connectivity index (χ2n) is 5.69. The van der Waals surface area contributed by atoms with Crippen LogP contribution in [-0.4, -0.2) is 25.8 Å². The van der Waals surface area contributed by atoms with Crippen LogP contribution in [0.3, 0.4) is 0 Å². The first kappa shape index (κ1) is 15.0. The van der Waals surface area contributed by atoms with Crippen molar-refractivity contribution in [3.63, 3.8) is 0 Å². The van der Waals surface area contributed by atoms with E-state index in [-0.39, 0.29) is 5.91 Å². The molecule has 2 aromatic rings. The second kappa shape index (κ2) is 6.48. The molecule has 116 valence electrons. The van der Waals surface area contributed by atoms with Gasteiger partial charge in [0.2, 0.25) is 0 Å². The third-order valence-electron chi connectivity index (χ3n) is 3.67. The summed E-state index contributed by atoms with van der Waals surface area (Å²) in [6.07, 6.45) is 2.44. The standard InChI is InChI=1S/C19H19N3O/c1-22(2)16-10-8-15(9-11-16)12-17-19(23)21-18(20-17)13-14-6-4-3-5-7-14/h3-12H,13H2,1-2H3,(H,20,21,23)/b17-12+. The number of nitrogens with zero attached hydrogens (tertiary/aromatic N) is 2. The number of carbonyl (C=O) groups is 1. The van der Waals surface area contributed by atoms with Gasteiger partial charge in [0, 0.05) is 26.2 Å². The van der Waals surface area contributed by atoms with Gasteiger partial charge in [0.1, 0.15) is 11.5 Å². The summed E-state index contributed by atoms with van der Waals surface area (Å²) in [6.45, 7) is 0. The average molecular weight is 305 g/mol. The van der Waals surface area contributed by atoms with Crippen LogP contribution in [0, 0.1) is 0 Å². The van der Waals surface area contributed by atoms with E-state index in [1.807, 2.05) is 79.7 Å². The van der Waals surface area contributed by atoms with Gasteiger partial charge in [-0.1, -0.05) is 42.5 Å². The topological polar surface area (TPSA) is 44.7 Å². The average Bonchev–Trinajstić information content (AvgIpc) is 2.88. The van der Waals surface area contributed by atoms with E-state index in [1.54, 1.807) is 0 Å². The third-order valence-corrected chi connectivity index (χ3v) is 3.67. The molecule has 0 bridgehead atoms. The number of amides is 1. The molecule has 2 aromatic carbocycles. The molecule has 0 saturated carbocycles. The molecule has 0 saturated heterocycles. The number of nitrogens with one attached hydrogen (secondary N) is 1. The molecule has 4 heteroatoms. The molecule has 0 spiro atoms. The minimum Gasteiger partial charge on any atom is -0.378 e. The van der Waals surface area contributed by atoms with Gasteiger partial charge in [-0.3, -0.25) is 4.79 Å². The zero-order valence-corrected chi connectivity index (χ0v) is 13.3. The van der Waals surface area contributed by atoms with E-state index in [4.69, 9.17) is 0 Å². The van der Waals surface area contributed by atoms with Gasteiger partial charge < -0.3 is 10.2 Å². The minimum atomic E-state index is -0.146. The van der Waals surface area contributed by atoms with E-state index in [9.17, 15) is 4.79 Å². The molecule has 1 heterocycles. The zero-order valence-electron chi connectivity index (χ0n) is 13.3. The molecule has 0 aromatic heterocycles. The molecular weight excluding hydrogens is 286 g/mol. The first-order chi connectivity index (χ1) is 11.1. The summed E-state index contributed by atoms with van der Waals surface area (Å²) in [4.78, 5) is 18.5. The Hall–Kier alpha value is -2.88. The van der Waals surface area contributed by atoms with Crippen molar-refractivity contribution in [2.45, 2.75) is 6.42 Å². The third kappa shape index (κ3) is 3.66. The molecule has 1 N–H and O–H groups in total. The van der Waals surface area contributed by atoms with Gasteiger partial charge in [0.25, 0.3) is 5.91 Å². The largest absolute Gasteiger partial charge is 0.378 e.